The molecular weight excluding hydrogens is 920 g/mol. The zero-order valence-corrected chi connectivity index (χ0v) is 37.3. The summed E-state index contributed by atoms with van der Waals surface area (Å²) in [5, 5.41) is 0.624. The molecule has 1 aliphatic heterocycles. The second kappa shape index (κ2) is 28.0. The van der Waals surface area contributed by atoms with Crippen LogP contribution in [0.2, 0.25) is 0 Å². The fraction of sp³-hybridized carbons (Fsp3) is 0.378. The maximum absolute atomic E-state index is 12.4. The predicted molar refractivity (Wildman–Crippen MR) is 235 cm³/mol. The van der Waals surface area contributed by atoms with Gasteiger partial charge in [-0.3, -0.25) is 14.4 Å². The number of fused-ring (bicyclic) bond motifs is 1. The Labute approximate surface area is 362 Å². The number of halogens is 3. The van der Waals surface area contributed by atoms with Crippen molar-refractivity contribution in [3.05, 3.63) is 139 Å². The number of hydrogen-bond donors (Lipinski definition) is 1. The molecule has 12 heteroatoms. The lowest BCUT2D eigenvalue weighted by atomic mass is 10.1. The van der Waals surface area contributed by atoms with E-state index in [4.69, 9.17) is 15.2 Å². The van der Waals surface area contributed by atoms with Crippen molar-refractivity contribution in [3.8, 4) is 0 Å². The van der Waals surface area contributed by atoms with Gasteiger partial charge in [-0.1, -0.05) is 133 Å². The number of unbranched alkanes of at least 4 members (excludes halogenated alkanes) is 4. The number of rotatable bonds is 21. The molecule has 1 aliphatic rings. The molecule has 306 valence electrons. The highest BCUT2D eigenvalue weighted by Crippen LogP contribution is 2.29. The van der Waals surface area contributed by atoms with Crippen LogP contribution in [-0.4, -0.2) is 61.8 Å². The minimum Gasteiger partial charge on any atom is -0.465 e. The average molecular weight is 974 g/mol. The number of nitrogens with two attached hydrogens (primary N) is 1. The molecule has 0 bridgehead atoms. The Morgan fingerprint density at radius 1 is 0.684 bits per heavy atom. The number of ether oxygens (including phenoxy) is 3. The highest BCUT2D eigenvalue weighted by molar-refractivity contribution is 9.11. The number of amides is 1. The Kier molecular flexibility index (Phi) is 23.5. The third-order valence-electron chi connectivity index (χ3n) is 8.94. The first-order valence-electron chi connectivity index (χ1n) is 19.1. The van der Waals surface area contributed by atoms with E-state index in [1.807, 2.05) is 95.9 Å². The third kappa shape index (κ3) is 17.9. The first-order chi connectivity index (χ1) is 27.7. The number of esters is 1. The van der Waals surface area contributed by atoms with E-state index in [0.29, 0.717) is 50.0 Å². The summed E-state index contributed by atoms with van der Waals surface area (Å²) in [6.07, 6.45) is 6.78. The van der Waals surface area contributed by atoms with Gasteiger partial charge in [0.1, 0.15) is 13.2 Å². The smallest absolute Gasteiger partial charge is 0.338 e. The lowest BCUT2D eigenvalue weighted by Gasteiger charge is -2.15. The summed E-state index contributed by atoms with van der Waals surface area (Å²) in [6.45, 7) is 3.48. The molecule has 0 saturated heterocycles. The number of carbonyl (C=O) groups is 4. The van der Waals surface area contributed by atoms with Gasteiger partial charge >= 0.3 is 5.97 Å². The van der Waals surface area contributed by atoms with Gasteiger partial charge in [-0.05, 0) is 78.7 Å². The molecular formula is C45H53Br3N2O7. The molecule has 0 atom stereocenters. The second-order valence-corrected chi connectivity index (χ2v) is 15.6. The van der Waals surface area contributed by atoms with Crippen LogP contribution in [0.1, 0.15) is 94.3 Å². The van der Waals surface area contributed by atoms with E-state index in [2.05, 4.69) is 52.5 Å². The van der Waals surface area contributed by atoms with Gasteiger partial charge in [0.2, 0.25) is 0 Å². The molecule has 0 spiro atoms. The summed E-state index contributed by atoms with van der Waals surface area (Å²) in [5.74, 6) is 0.116. The molecule has 4 aromatic rings. The average Bonchev–Trinajstić information content (AvgIpc) is 3.56. The number of methoxy groups -OCH3 is 1. The maximum Gasteiger partial charge on any atom is 0.338 e. The summed E-state index contributed by atoms with van der Waals surface area (Å²) in [6, 6.07) is 30.9. The summed E-state index contributed by atoms with van der Waals surface area (Å²) < 4.78 is 17.4. The third-order valence-corrected chi connectivity index (χ3v) is 11.0. The largest absolute Gasteiger partial charge is 0.465 e. The van der Waals surface area contributed by atoms with Crippen molar-refractivity contribution in [2.45, 2.75) is 76.5 Å². The van der Waals surface area contributed by atoms with E-state index >= 15 is 0 Å². The molecule has 0 saturated carbocycles. The van der Waals surface area contributed by atoms with Gasteiger partial charge in [-0.25, -0.2) is 4.79 Å². The van der Waals surface area contributed by atoms with Crippen LogP contribution < -0.4 is 5.73 Å². The van der Waals surface area contributed by atoms with E-state index in [1.165, 1.54) is 7.11 Å². The maximum atomic E-state index is 12.4. The number of nitrogens with zero attached hydrogens (tertiary/aromatic N) is 1. The Morgan fingerprint density at radius 2 is 1.23 bits per heavy atom. The first kappa shape index (κ1) is 47.9. The van der Waals surface area contributed by atoms with E-state index in [0.717, 1.165) is 81.8 Å². The zero-order chi connectivity index (χ0) is 41.3. The van der Waals surface area contributed by atoms with Gasteiger partial charge in [0, 0.05) is 45.8 Å². The summed E-state index contributed by atoms with van der Waals surface area (Å²) in [7, 11) is 1.38. The first-order valence-corrected chi connectivity index (χ1v) is 21.8. The second-order valence-electron chi connectivity index (χ2n) is 13.3. The molecule has 2 N–H and O–H groups in total. The highest BCUT2D eigenvalue weighted by Gasteiger charge is 2.28. The SMILES string of the molecule is COC(=O)c1cccc(Br)c1CBr.NCCCCCC(=O)COCc1ccccc1.O=C(CCCCCN1Cc2c(Br)cccc2C1=O)COCc1ccccc1. The minimum atomic E-state index is -0.309. The van der Waals surface area contributed by atoms with Crippen molar-refractivity contribution in [2.75, 3.05) is 33.4 Å². The number of alkyl halides is 1. The van der Waals surface area contributed by atoms with Crippen LogP contribution in [0.15, 0.2) is 106 Å². The molecule has 1 amide bonds. The number of Topliss-reactive ketones (excluding diaryl/α,β-unsaturated/α-hetero) is 2. The lowest BCUT2D eigenvalue weighted by Crippen LogP contribution is -2.25. The summed E-state index contributed by atoms with van der Waals surface area (Å²) in [4.78, 5) is 48.9. The molecule has 0 fully saturated rings. The fourth-order valence-corrected chi connectivity index (χ4v) is 7.81. The van der Waals surface area contributed by atoms with Crippen molar-refractivity contribution in [3.63, 3.8) is 0 Å². The van der Waals surface area contributed by atoms with Crippen LogP contribution in [0, 0.1) is 0 Å². The Bertz CT molecular complexity index is 1830. The lowest BCUT2D eigenvalue weighted by molar-refractivity contribution is -0.124. The minimum absolute atomic E-state index is 0.108. The van der Waals surface area contributed by atoms with Crippen molar-refractivity contribution in [1.29, 1.82) is 0 Å². The van der Waals surface area contributed by atoms with Gasteiger partial charge in [0.05, 0.1) is 25.9 Å². The molecule has 57 heavy (non-hydrogen) atoms. The van der Waals surface area contributed by atoms with Crippen LogP contribution >= 0.6 is 47.8 Å². The number of carbonyl (C=O) groups excluding carboxylic acids is 4. The molecule has 0 unspecified atom stereocenters. The van der Waals surface area contributed by atoms with Crippen molar-refractivity contribution in [2.24, 2.45) is 5.73 Å². The molecule has 1 heterocycles. The van der Waals surface area contributed by atoms with Crippen LogP contribution in [0.3, 0.4) is 0 Å². The van der Waals surface area contributed by atoms with Gasteiger partial charge in [0.15, 0.2) is 11.6 Å². The fourth-order valence-electron chi connectivity index (χ4n) is 5.83. The van der Waals surface area contributed by atoms with Gasteiger partial charge in [-0.2, -0.15) is 0 Å². The van der Waals surface area contributed by atoms with E-state index < -0.39 is 0 Å². The quantitative estimate of drug-likeness (QED) is 0.0497. The van der Waals surface area contributed by atoms with Crippen molar-refractivity contribution in [1.82, 2.24) is 4.90 Å². The normalized spacial score (nSPS) is 11.5. The highest BCUT2D eigenvalue weighted by atomic mass is 79.9. The molecule has 0 radical (unpaired) electrons. The van der Waals surface area contributed by atoms with Crippen molar-refractivity contribution < 1.29 is 33.4 Å². The number of hydrogen-bond acceptors (Lipinski definition) is 8. The van der Waals surface area contributed by atoms with E-state index in [9.17, 15) is 19.2 Å². The van der Waals surface area contributed by atoms with Crippen LogP contribution in [0.25, 0.3) is 0 Å². The number of benzene rings is 4. The Morgan fingerprint density at radius 3 is 1.75 bits per heavy atom. The van der Waals surface area contributed by atoms with Crippen LogP contribution in [0.5, 0.6) is 0 Å². The molecule has 0 aromatic heterocycles. The number of ketones is 2. The standard InChI is InChI=1S/C22H24BrNO3.C14H21NO2.C9H8Br2O2/c23-21-12-7-11-19-20(21)14-24(22(19)26)13-6-2-5-10-18(25)16-27-15-17-8-3-1-4-9-17;15-10-6-2-5-9-14(16)12-17-11-13-7-3-1-4-8-13;1-13-9(12)6-3-2-4-8(11)7(6)5-10/h1,3-4,7-9,11-12H,2,5-6,10,13-16H2;1,3-4,7-8H,2,5-6,9-12,15H2;2-4H,5H2,1H3. The van der Waals surface area contributed by atoms with Gasteiger partial charge in [-0.15, -0.1) is 0 Å². The predicted octanol–water partition coefficient (Wildman–Crippen LogP) is 10.2. The summed E-state index contributed by atoms with van der Waals surface area (Å²) in [5.41, 5.74) is 10.9. The molecule has 5 rings (SSSR count). The van der Waals surface area contributed by atoms with E-state index in [-0.39, 0.29) is 36.7 Å². The molecule has 4 aromatic carbocycles. The van der Waals surface area contributed by atoms with Crippen LogP contribution in [-0.2, 0) is 48.9 Å². The topological polar surface area (TPSA) is 125 Å². The Balaban J connectivity index is 0.000000249. The Hall–Kier alpha value is -3.52. The van der Waals surface area contributed by atoms with Crippen LogP contribution in [0.4, 0.5) is 0 Å². The van der Waals surface area contributed by atoms with Crippen molar-refractivity contribution >= 4 is 71.2 Å². The van der Waals surface area contributed by atoms with E-state index in [1.54, 1.807) is 6.07 Å². The van der Waals surface area contributed by atoms with Gasteiger partial charge < -0.3 is 24.8 Å². The summed E-state index contributed by atoms with van der Waals surface area (Å²) >= 11 is 10.2. The van der Waals surface area contributed by atoms with Gasteiger partial charge in [0.25, 0.3) is 5.91 Å². The molecule has 0 aliphatic carbocycles. The monoisotopic (exact) mass is 970 g/mol. The molecule has 9 nitrogen and oxygen atoms in total. The zero-order valence-electron chi connectivity index (χ0n) is 32.6.